The van der Waals surface area contributed by atoms with Gasteiger partial charge in [0.1, 0.15) is 0 Å². The summed E-state index contributed by atoms with van der Waals surface area (Å²) in [6, 6.07) is 0. The highest BCUT2D eigenvalue weighted by Gasteiger charge is 2.15. The number of anilines is 1. The lowest BCUT2D eigenvalue weighted by molar-refractivity contribution is 0.553. The van der Waals surface area contributed by atoms with Gasteiger partial charge in [0.25, 0.3) is 0 Å². The molecule has 4 heteroatoms. The molecule has 3 nitrogen and oxygen atoms in total. The second kappa shape index (κ2) is 8.63. The van der Waals surface area contributed by atoms with Gasteiger partial charge in [0.15, 0.2) is 5.13 Å². The van der Waals surface area contributed by atoms with E-state index in [0.29, 0.717) is 11.8 Å². The van der Waals surface area contributed by atoms with Crippen molar-refractivity contribution in [3.63, 3.8) is 0 Å². The van der Waals surface area contributed by atoms with Crippen LogP contribution in [-0.2, 0) is 13.0 Å². The summed E-state index contributed by atoms with van der Waals surface area (Å²) in [4.78, 5) is 8.67. The summed E-state index contributed by atoms with van der Waals surface area (Å²) in [5.41, 5.74) is 1.27. The van der Waals surface area contributed by atoms with Gasteiger partial charge in [0.05, 0.1) is 5.69 Å². The van der Waals surface area contributed by atoms with Gasteiger partial charge in [-0.05, 0) is 31.7 Å². The first kappa shape index (κ1) is 17.4. The SMILES string of the molecule is CCc1nc(N(CC)CC(C)C)sc1CNCC(C)C. The van der Waals surface area contributed by atoms with Crippen LogP contribution in [-0.4, -0.2) is 24.6 Å². The Hall–Kier alpha value is -0.610. The van der Waals surface area contributed by atoms with Gasteiger partial charge in [-0.25, -0.2) is 4.98 Å². The van der Waals surface area contributed by atoms with Gasteiger partial charge in [-0.2, -0.15) is 0 Å². The maximum atomic E-state index is 4.86. The van der Waals surface area contributed by atoms with Crippen molar-refractivity contribution in [2.75, 3.05) is 24.5 Å². The van der Waals surface area contributed by atoms with Crippen molar-refractivity contribution in [2.45, 2.75) is 54.5 Å². The fourth-order valence-corrected chi connectivity index (χ4v) is 3.37. The molecule has 0 saturated heterocycles. The number of rotatable bonds is 9. The third-order valence-corrected chi connectivity index (χ3v) is 4.34. The van der Waals surface area contributed by atoms with E-state index in [1.54, 1.807) is 0 Å². The minimum atomic E-state index is 0.673. The monoisotopic (exact) mass is 297 g/mol. The van der Waals surface area contributed by atoms with Crippen LogP contribution in [0.25, 0.3) is 0 Å². The standard InChI is InChI=1S/C16H31N3S/c1-7-14-15(10-17-9-12(3)4)20-16(18-14)19(8-2)11-13(5)6/h12-13,17H,7-11H2,1-6H3. The second-order valence-electron chi connectivity index (χ2n) is 6.18. The molecule has 0 atom stereocenters. The van der Waals surface area contributed by atoms with Crippen LogP contribution in [0.2, 0.25) is 0 Å². The third-order valence-electron chi connectivity index (χ3n) is 3.18. The Balaban J connectivity index is 2.75. The molecule has 116 valence electrons. The van der Waals surface area contributed by atoms with Crippen LogP contribution in [0.15, 0.2) is 0 Å². The zero-order valence-electron chi connectivity index (χ0n) is 14.0. The Kier molecular flexibility index (Phi) is 7.52. The lowest BCUT2D eigenvalue weighted by Crippen LogP contribution is -2.27. The molecule has 0 spiro atoms. The van der Waals surface area contributed by atoms with Crippen LogP contribution < -0.4 is 10.2 Å². The highest BCUT2D eigenvalue weighted by molar-refractivity contribution is 7.15. The average molecular weight is 298 g/mol. The summed E-state index contributed by atoms with van der Waals surface area (Å²) in [7, 11) is 0. The molecular weight excluding hydrogens is 266 g/mol. The first-order valence-corrected chi connectivity index (χ1v) is 8.73. The number of thiazole rings is 1. The molecule has 1 heterocycles. The minimum Gasteiger partial charge on any atom is -0.348 e. The fraction of sp³-hybridized carbons (Fsp3) is 0.812. The first-order chi connectivity index (χ1) is 9.47. The third kappa shape index (κ3) is 5.41. The van der Waals surface area contributed by atoms with Crippen molar-refractivity contribution in [1.82, 2.24) is 10.3 Å². The average Bonchev–Trinajstić information content (AvgIpc) is 2.78. The Bertz CT molecular complexity index is 385. The van der Waals surface area contributed by atoms with E-state index in [-0.39, 0.29) is 0 Å². The van der Waals surface area contributed by atoms with Crippen molar-refractivity contribution in [1.29, 1.82) is 0 Å². The first-order valence-electron chi connectivity index (χ1n) is 7.92. The molecule has 0 radical (unpaired) electrons. The van der Waals surface area contributed by atoms with Gasteiger partial charge in [-0.1, -0.05) is 34.6 Å². The predicted molar refractivity (Wildman–Crippen MR) is 90.8 cm³/mol. The van der Waals surface area contributed by atoms with Crippen LogP contribution in [0.1, 0.15) is 52.1 Å². The molecule has 20 heavy (non-hydrogen) atoms. The van der Waals surface area contributed by atoms with Crippen LogP contribution in [0, 0.1) is 11.8 Å². The summed E-state index contributed by atoms with van der Waals surface area (Å²) in [6.07, 6.45) is 1.02. The van der Waals surface area contributed by atoms with E-state index in [0.717, 1.165) is 32.6 Å². The molecule has 1 aromatic rings. The van der Waals surface area contributed by atoms with Crippen LogP contribution in [0.4, 0.5) is 5.13 Å². The number of hydrogen-bond donors (Lipinski definition) is 1. The van der Waals surface area contributed by atoms with E-state index in [9.17, 15) is 0 Å². The van der Waals surface area contributed by atoms with Crippen LogP contribution in [0.3, 0.4) is 0 Å². The Labute approximate surface area is 128 Å². The lowest BCUT2D eigenvalue weighted by Gasteiger charge is -2.21. The topological polar surface area (TPSA) is 28.2 Å². The smallest absolute Gasteiger partial charge is 0.185 e. The number of hydrogen-bond acceptors (Lipinski definition) is 4. The summed E-state index contributed by atoms with van der Waals surface area (Å²) in [5.74, 6) is 1.37. The number of nitrogens with one attached hydrogen (secondary N) is 1. The molecule has 0 unspecified atom stereocenters. The molecule has 0 saturated carbocycles. The second-order valence-corrected chi connectivity index (χ2v) is 7.24. The predicted octanol–water partition coefficient (Wildman–Crippen LogP) is 3.93. The van der Waals surface area contributed by atoms with Crippen molar-refractivity contribution in [3.8, 4) is 0 Å². The normalized spacial score (nSPS) is 11.6. The molecule has 1 N–H and O–H groups in total. The molecular formula is C16H31N3S. The van der Waals surface area contributed by atoms with Crippen molar-refractivity contribution in [2.24, 2.45) is 11.8 Å². The Morgan fingerprint density at radius 2 is 1.85 bits per heavy atom. The van der Waals surface area contributed by atoms with E-state index in [1.807, 2.05) is 11.3 Å². The van der Waals surface area contributed by atoms with Gasteiger partial charge in [-0.15, -0.1) is 11.3 Å². The van der Waals surface area contributed by atoms with Crippen molar-refractivity contribution in [3.05, 3.63) is 10.6 Å². The highest BCUT2D eigenvalue weighted by Crippen LogP contribution is 2.27. The van der Waals surface area contributed by atoms with E-state index in [1.165, 1.54) is 15.7 Å². The summed E-state index contributed by atoms with van der Waals surface area (Å²) in [6.45, 7) is 17.6. The number of aromatic nitrogens is 1. The Morgan fingerprint density at radius 3 is 2.35 bits per heavy atom. The number of aryl methyl sites for hydroxylation is 1. The molecule has 0 aliphatic carbocycles. The molecule has 0 bridgehead atoms. The van der Waals surface area contributed by atoms with Crippen molar-refractivity contribution >= 4 is 16.5 Å². The zero-order chi connectivity index (χ0) is 15.1. The maximum Gasteiger partial charge on any atom is 0.185 e. The maximum absolute atomic E-state index is 4.86. The Morgan fingerprint density at radius 1 is 1.15 bits per heavy atom. The van der Waals surface area contributed by atoms with E-state index >= 15 is 0 Å². The van der Waals surface area contributed by atoms with Gasteiger partial charge < -0.3 is 10.2 Å². The van der Waals surface area contributed by atoms with E-state index in [4.69, 9.17) is 4.98 Å². The largest absolute Gasteiger partial charge is 0.348 e. The fourth-order valence-electron chi connectivity index (χ4n) is 2.18. The van der Waals surface area contributed by atoms with E-state index in [2.05, 4.69) is 51.8 Å². The van der Waals surface area contributed by atoms with Gasteiger partial charge in [0, 0.05) is 24.5 Å². The molecule has 0 aliphatic heterocycles. The summed E-state index contributed by atoms with van der Waals surface area (Å²) in [5, 5.41) is 4.73. The molecule has 0 amide bonds. The molecule has 0 aromatic carbocycles. The lowest BCUT2D eigenvalue weighted by atomic mass is 10.2. The summed E-state index contributed by atoms with van der Waals surface area (Å²) >= 11 is 1.86. The van der Waals surface area contributed by atoms with Gasteiger partial charge >= 0.3 is 0 Å². The zero-order valence-corrected chi connectivity index (χ0v) is 14.8. The van der Waals surface area contributed by atoms with Crippen LogP contribution in [0.5, 0.6) is 0 Å². The quantitative estimate of drug-likeness (QED) is 0.748. The van der Waals surface area contributed by atoms with Crippen molar-refractivity contribution < 1.29 is 0 Å². The minimum absolute atomic E-state index is 0.673. The summed E-state index contributed by atoms with van der Waals surface area (Å²) < 4.78 is 0. The molecule has 0 aliphatic rings. The van der Waals surface area contributed by atoms with Gasteiger partial charge in [0.2, 0.25) is 0 Å². The number of nitrogens with zero attached hydrogens (tertiary/aromatic N) is 2. The molecule has 0 fully saturated rings. The van der Waals surface area contributed by atoms with Gasteiger partial charge in [-0.3, -0.25) is 0 Å². The highest BCUT2D eigenvalue weighted by atomic mass is 32.1. The molecule has 1 rings (SSSR count). The van der Waals surface area contributed by atoms with E-state index < -0.39 is 0 Å². The molecule has 1 aromatic heterocycles. The van der Waals surface area contributed by atoms with Crippen LogP contribution >= 0.6 is 11.3 Å².